The molecular weight excluding hydrogens is 277 g/mol. The Labute approximate surface area is 122 Å². The van der Waals surface area contributed by atoms with E-state index >= 15 is 0 Å². The van der Waals surface area contributed by atoms with E-state index in [0.29, 0.717) is 28.6 Å². The molecule has 0 bridgehead atoms. The third kappa shape index (κ3) is 2.70. The van der Waals surface area contributed by atoms with E-state index in [1.54, 1.807) is 12.1 Å². The van der Waals surface area contributed by atoms with Gasteiger partial charge in [0.15, 0.2) is 0 Å². The molecule has 106 valence electrons. The van der Waals surface area contributed by atoms with Crippen LogP contribution < -0.4 is 5.73 Å². The van der Waals surface area contributed by atoms with E-state index in [9.17, 15) is 4.39 Å². The summed E-state index contributed by atoms with van der Waals surface area (Å²) in [5.74, 6) is 1.04. The minimum Gasteiger partial charge on any atom is -0.383 e. The fraction of sp³-hybridized carbons (Fsp3) is 0.267. The Kier molecular flexibility index (Phi) is 4.45. The number of aromatic nitrogens is 2. The van der Waals surface area contributed by atoms with E-state index in [2.05, 4.69) is 18.5 Å². The summed E-state index contributed by atoms with van der Waals surface area (Å²) in [6, 6.07) is 4.22. The van der Waals surface area contributed by atoms with Gasteiger partial charge in [-0.15, -0.1) is 6.58 Å². The van der Waals surface area contributed by atoms with Crippen molar-refractivity contribution in [2.24, 2.45) is 0 Å². The summed E-state index contributed by atoms with van der Waals surface area (Å²) in [5.41, 5.74) is 7.40. The molecule has 1 aromatic carbocycles. The van der Waals surface area contributed by atoms with Crippen molar-refractivity contribution >= 4 is 17.4 Å². The van der Waals surface area contributed by atoms with Gasteiger partial charge in [0.1, 0.15) is 23.2 Å². The number of nitrogens with two attached hydrogens (primary N) is 1. The Hall–Kier alpha value is -1.81. The van der Waals surface area contributed by atoms with E-state index in [1.165, 1.54) is 12.1 Å². The summed E-state index contributed by atoms with van der Waals surface area (Å²) in [6.45, 7) is 6.40. The Morgan fingerprint density at radius 2 is 2.25 bits per heavy atom. The maximum Gasteiger partial charge on any atom is 0.132 e. The van der Waals surface area contributed by atoms with E-state index in [4.69, 9.17) is 17.3 Å². The van der Waals surface area contributed by atoms with Crippen molar-refractivity contribution in [3.8, 4) is 11.3 Å². The Morgan fingerprint density at radius 1 is 1.50 bits per heavy atom. The molecule has 0 radical (unpaired) electrons. The molecule has 1 aromatic heterocycles. The molecule has 0 fully saturated rings. The molecule has 0 aliphatic rings. The number of rotatable bonds is 5. The van der Waals surface area contributed by atoms with Crippen molar-refractivity contribution < 1.29 is 4.39 Å². The zero-order valence-corrected chi connectivity index (χ0v) is 12.1. The molecule has 0 saturated heterocycles. The Balaban J connectivity index is 2.56. The van der Waals surface area contributed by atoms with E-state index in [-0.39, 0.29) is 5.82 Å². The number of halogens is 2. The largest absolute Gasteiger partial charge is 0.383 e. The molecule has 0 unspecified atom stereocenters. The number of allylic oxidation sites excluding steroid dienone is 1. The fourth-order valence-electron chi connectivity index (χ4n) is 2.14. The molecular formula is C15H17ClFN3. The van der Waals surface area contributed by atoms with Crippen LogP contribution in [0.5, 0.6) is 0 Å². The first kappa shape index (κ1) is 14.6. The van der Waals surface area contributed by atoms with Crippen molar-refractivity contribution in [3.63, 3.8) is 0 Å². The Morgan fingerprint density at radius 3 is 2.85 bits per heavy atom. The van der Waals surface area contributed by atoms with Gasteiger partial charge in [0.05, 0.1) is 5.02 Å². The van der Waals surface area contributed by atoms with Gasteiger partial charge >= 0.3 is 0 Å². The van der Waals surface area contributed by atoms with Gasteiger partial charge in [-0.05, 0) is 24.6 Å². The topological polar surface area (TPSA) is 43.8 Å². The van der Waals surface area contributed by atoms with Crippen LogP contribution in [0.3, 0.4) is 0 Å². The van der Waals surface area contributed by atoms with Crippen molar-refractivity contribution in [2.45, 2.75) is 26.3 Å². The standard InChI is InChI=1S/C15H17ClFN3/c1-3-5-13-19-14(15(18)20(13)8-4-2)11-7-6-10(17)9-12(11)16/h4,6-7,9H,2-3,5,8,18H2,1H3. The third-order valence-electron chi connectivity index (χ3n) is 3.06. The lowest BCUT2D eigenvalue weighted by molar-refractivity contribution is 0.628. The van der Waals surface area contributed by atoms with E-state index in [1.807, 2.05) is 4.57 Å². The van der Waals surface area contributed by atoms with Crippen LogP contribution in [0.15, 0.2) is 30.9 Å². The highest BCUT2D eigenvalue weighted by Gasteiger charge is 2.17. The molecule has 1 heterocycles. The number of hydrogen-bond donors (Lipinski definition) is 1. The first-order valence-corrected chi connectivity index (χ1v) is 6.87. The summed E-state index contributed by atoms with van der Waals surface area (Å²) < 4.78 is 15.0. The molecule has 2 rings (SSSR count). The molecule has 5 heteroatoms. The minimum absolute atomic E-state index is 0.308. The zero-order chi connectivity index (χ0) is 14.7. The molecule has 0 saturated carbocycles. The van der Waals surface area contributed by atoms with Crippen molar-refractivity contribution in [2.75, 3.05) is 5.73 Å². The van der Waals surface area contributed by atoms with Crippen molar-refractivity contribution in [3.05, 3.63) is 47.5 Å². The van der Waals surface area contributed by atoms with Crippen molar-refractivity contribution in [1.29, 1.82) is 0 Å². The van der Waals surface area contributed by atoms with Gasteiger partial charge in [-0.3, -0.25) is 0 Å². The molecule has 3 nitrogen and oxygen atoms in total. The highest BCUT2D eigenvalue weighted by atomic mass is 35.5. The van der Waals surface area contributed by atoms with Crippen LogP contribution in [0.1, 0.15) is 19.2 Å². The second kappa shape index (κ2) is 6.09. The highest BCUT2D eigenvalue weighted by Crippen LogP contribution is 2.32. The second-order valence-electron chi connectivity index (χ2n) is 4.54. The SMILES string of the molecule is C=CCn1c(CCC)nc(-c2ccc(F)cc2Cl)c1N. The van der Waals surface area contributed by atoms with Crippen LogP contribution in [0, 0.1) is 5.82 Å². The molecule has 2 aromatic rings. The number of anilines is 1. The average Bonchev–Trinajstić information content (AvgIpc) is 2.69. The van der Waals surface area contributed by atoms with Gasteiger partial charge in [-0.1, -0.05) is 24.6 Å². The van der Waals surface area contributed by atoms with Crippen LogP contribution in [0.4, 0.5) is 10.2 Å². The molecule has 0 aliphatic heterocycles. The number of nitrogens with zero attached hydrogens (tertiary/aromatic N) is 2. The molecule has 2 N–H and O–H groups in total. The van der Waals surface area contributed by atoms with Crippen LogP contribution >= 0.6 is 11.6 Å². The molecule has 0 atom stereocenters. The van der Waals surface area contributed by atoms with Gasteiger partial charge in [-0.25, -0.2) is 9.37 Å². The van der Waals surface area contributed by atoms with Crippen LogP contribution in [-0.4, -0.2) is 9.55 Å². The summed E-state index contributed by atoms with van der Waals surface area (Å²) in [6.07, 6.45) is 3.55. The lowest BCUT2D eigenvalue weighted by Gasteiger charge is -2.06. The number of imidazole rings is 1. The first-order chi connectivity index (χ1) is 9.58. The van der Waals surface area contributed by atoms with Gasteiger partial charge < -0.3 is 10.3 Å². The summed E-state index contributed by atoms with van der Waals surface area (Å²) in [4.78, 5) is 4.56. The third-order valence-corrected chi connectivity index (χ3v) is 3.37. The van der Waals surface area contributed by atoms with Crippen LogP contribution in [0.2, 0.25) is 5.02 Å². The smallest absolute Gasteiger partial charge is 0.132 e. The number of nitrogen functional groups attached to an aromatic ring is 1. The maximum absolute atomic E-state index is 13.1. The van der Waals surface area contributed by atoms with Gasteiger partial charge in [0.25, 0.3) is 0 Å². The predicted molar refractivity (Wildman–Crippen MR) is 81.2 cm³/mol. The lowest BCUT2D eigenvalue weighted by Crippen LogP contribution is -2.05. The monoisotopic (exact) mass is 293 g/mol. The summed E-state index contributed by atoms with van der Waals surface area (Å²) in [7, 11) is 0. The van der Waals surface area contributed by atoms with Crippen LogP contribution in [0.25, 0.3) is 11.3 Å². The normalized spacial score (nSPS) is 10.8. The number of hydrogen-bond acceptors (Lipinski definition) is 2. The minimum atomic E-state index is -0.378. The number of aryl methyl sites for hydroxylation is 1. The maximum atomic E-state index is 13.1. The fourth-order valence-corrected chi connectivity index (χ4v) is 2.40. The first-order valence-electron chi connectivity index (χ1n) is 6.49. The quantitative estimate of drug-likeness (QED) is 0.845. The Bertz CT molecular complexity index is 634. The summed E-state index contributed by atoms with van der Waals surface area (Å²) in [5, 5.41) is 0.308. The highest BCUT2D eigenvalue weighted by molar-refractivity contribution is 6.33. The molecule has 0 spiro atoms. The summed E-state index contributed by atoms with van der Waals surface area (Å²) >= 11 is 6.09. The van der Waals surface area contributed by atoms with E-state index in [0.717, 1.165) is 18.7 Å². The molecule has 0 amide bonds. The number of benzene rings is 1. The molecule has 20 heavy (non-hydrogen) atoms. The lowest BCUT2D eigenvalue weighted by atomic mass is 10.1. The zero-order valence-electron chi connectivity index (χ0n) is 11.4. The van der Waals surface area contributed by atoms with Gasteiger partial charge in [0, 0.05) is 18.5 Å². The van der Waals surface area contributed by atoms with Crippen LogP contribution in [-0.2, 0) is 13.0 Å². The second-order valence-corrected chi connectivity index (χ2v) is 4.94. The van der Waals surface area contributed by atoms with E-state index < -0.39 is 0 Å². The molecule has 0 aliphatic carbocycles. The van der Waals surface area contributed by atoms with Crippen molar-refractivity contribution in [1.82, 2.24) is 9.55 Å². The van der Waals surface area contributed by atoms with Gasteiger partial charge in [0.2, 0.25) is 0 Å². The van der Waals surface area contributed by atoms with Gasteiger partial charge in [-0.2, -0.15) is 0 Å². The predicted octanol–water partition coefficient (Wildman–Crippen LogP) is 4.06. The average molecular weight is 294 g/mol.